The Kier molecular flexibility index (Phi) is 3.70. The standard InChI is InChI=1S/C17H17ClN2O/c1-11(21)20-15-9-8-13(18)10-14(15)16(17(20)19-2)12-6-4-3-5-7-12/h3-10,16-17,19H,1-2H3. The van der Waals surface area contributed by atoms with Crippen LogP contribution in [0.3, 0.4) is 0 Å². The zero-order chi connectivity index (χ0) is 15.0. The molecule has 3 rings (SSSR count). The number of anilines is 1. The van der Waals surface area contributed by atoms with Crippen molar-refractivity contribution in [3.8, 4) is 0 Å². The number of fused-ring (bicyclic) bond motifs is 1. The van der Waals surface area contributed by atoms with Gasteiger partial charge in [0.1, 0.15) is 0 Å². The fourth-order valence-corrected chi connectivity index (χ4v) is 3.33. The predicted octanol–water partition coefficient (Wildman–Crippen LogP) is 3.38. The topological polar surface area (TPSA) is 32.3 Å². The Morgan fingerprint density at radius 2 is 1.90 bits per heavy atom. The number of nitrogens with one attached hydrogen (secondary N) is 1. The van der Waals surface area contributed by atoms with Crippen molar-refractivity contribution >= 4 is 23.2 Å². The Morgan fingerprint density at radius 1 is 1.19 bits per heavy atom. The lowest BCUT2D eigenvalue weighted by atomic mass is 9.91. The molecular formula is C17H17ClN2O. The number of hydrogen-bond donors (Lipinski definition) is 1. The summed E-state index contributed by atoms with van der Waals surface area (Å²) < 4.78 is 0. The second kappa shape index (κ2) is 5.51. The summed E-state index contributed by atoms with van der Waals surface area (Å²) in [6.07, 6.45) is -0.0987. The van der Waals surface area contributed by atoms with E-state index < -0.39 is 0 Å². The van der Waals surface area contributed by atoms with Gasteiger partial charge in [-0.3, -0.25) is 15.0 Å². The Morgan fingerprint density at radius 3 is 2.52 bits per heavy atom. The van der Waals surface area contributed by atoms with E-state index in [-0.39, 0.29) is 18.0 Å². The first-order chi connectivity index (χ1) is 10.1. The highest BCUT2D eigenvalue weighted by atomic mass is 35.5. The second-order valence-corrected chi connectivity index (χ2v) is 5.65. The molecule has 0 bridgehead atoms. The number of amides is 1. The molecule has 0 spiro atoms. The van der Waals surface area contributed by atoms with E-state index in [1.54, 1.807) is 6.92 Å². The molecule has 108 valence electrons. The Balaban J connectivity index is 2.19. The van der Waals surface area contributed by atoms with Crippen LogP contribution in [-0.4, -0.2) is 19.1 Å². The lowest BCUT2D eigenvalue weighted by Gasteiger charge is -2.27. The van der Waals surface area contributed by atoms with Gasteiger partial charge in [0.2, 0.25) is 5.91 Å². The molecule has 2 aromatic carbocycles. The van der Waals surface area contributed by atoms with Crippen LogP contribution in [0, 0.1) is 0 Å². The highest BCUT2D eigenvalue weighted by molar-refractivity contribution is 6.30. The zero-order valence-corrected chi connectivity index (χ0v) is 12.8. The van der Waals surface area contributed by atoms with Crippen LogP contribution in [0.4, 0.5) is 5.69 Å². The van der Waals surface area contributed by atoms with Crippen LogP contribution < -0.4 is 10.2 Å². The molecule has 21 heavy (non-hydrogen) atoms. The Hall–Kier alpha value is -1.84. The Bertz CT molecular complexity index is 672. The molecule has 4 heteroatoms. The maximum Gasteiger partial charge on any atom is 0.225 e. The molecular weight excluding hydrogens is 284 g/mol. The third kappa shape index (κ3) is 2.33. The molecule has 0 saturated heterocycles. The fraction of sp³-hybridized carbons (Fsp3) is 0.235. The predicted molar refractivity (Wildman–Crippen MR) is 85.7 cm³/mol. The van der Waals surface area contributed by atoms with Crippen molar-refractivity contribution in [1.29, 1.82) is 0 Å². The minimum Gasteiger partial charge on any atom is -0.299 e. The highest BCUT2D eigenvalue weighted by Gasteiger charge is 2.40. The number of carbonyl (C=O) groups excluding carboxylic acids is 1. The molecule has 2 atom stereocenters. The first kappa shape index (κ1) is 14.1. The molecule has 3 nitrogen and oxygen atoms in total. The van der Waals surface area contributed by atoms with Gasteiger partial charge in [0.05, 0.1) is 6.17 Å². The van der Waals surface area contributed by atoms with Gasteiger partial charge in [0.25, 0.3) is 0 Å². The molecule has 1 N–H and O–H groups in total. The smallest absolute Gasteiger partial charge is 0.225 e. The van der Waals surface area contributed by atoms with Crippen molar-refractivity contribution in [1.82, 2.24) is 5.32 Å². The van der Waals surface area contributed by atoms with Gasteiger partial charge in [-0.15, -0.1) is 0 Å². The number of nitrogens with zero attached hydrogens (tertiary/aromatic N) is 1. The second-order valence-electron chi connectivity index (χ2n) is 5.21. The number of likely N-dealkylation sites (N-methyl/N-ethyl adjacent to an activating group) is 1. The molecule has 1 heterocycles. The maximum atomic E-state index is 12.1. The SMILES string of the molecule is CNC1C(c2ccccc2)c2cc(Cl)ccc2N1C(C)=O. The van der Waals surface area contributed by atoms with Crippen LogP contribution in [0.5, 0.6) is 0 Å². The summed E-state index contributed by atoms with van der Waals surface area (Å²) in [5.41, 5.74) is 3.19. The van der Waals surface area contributed by atoms with E-state index in [0.29, 0.717) is 5.02 Å². The molecule has 1 amide bonds. The van der Waals surface area contributed by atoms with Crippen LogP contribution in [0.1, 0.15) is 24.0 Å². The van der Waals surface area contributed by atoms with Crippen LogP contribution in [0.15, 0.2) is 48.5 Å². The van der Waals surface area contributed by atoms with E-state index in [2.05, 4.69) is 17.4 Å². The summed E-state index contributed by atoms with van der Waals surface area (Å²) in [6, 6.07) is 15.9. The van der Waals surface area contributed by atoms with Gasteiger partial charge in [0.15, 0.2) is 0 Å². The minimum atomic E-state index is -0.0987. The zero-order valence-electron chi connectivity index (χ0n) is 12.0. The highest BCUT2D eigenvalue weighted by Crippen LogP contribution is 2.44. The van der Waals surface area contributed by atoms with E-state index in [0.717, 1.165) is 11.3 Å². The normalized spacial score (nSPS) is 20.4. The van der Waals surface area contributed by atoms with Crippen LogP contribution in [0.2, 0.25) is 5.02 Å². The molecule has 0 aliphatic carbocycles. The number of benzene rings is 2. The average Bonchev–Trinajstić information content (AvgIpc) is 2.81. The average molecular weight is 301 g/mol. The van der Waals surface area contributed by atoms with Crippen molar-refractivity contribution in [2.24, 2.45) is 0 Å². The van der Waals surface area contributed by atoms with E-state index >= 15 is 0 Å². The van der Waals surface area contributed by atoms with Gasteiger partial charge in [0, 0.05) is 23.6 Å². The van der Waals surface area contributed by atoms with Gasteiger partial charge in [-0.05, 0) is 36.4 Å². The van der Waals surface area contributed by atoms with Crippen LogP contribution in [0.25, 0.3) is 0 Å². The quantitative estimate of drug-likeness (QED) is 0.922. The molecule has 0 radical (unpaired) electrons. The summed E-state index contributed by atoms with van der Waals surface area (Å²) in [5.74, 6) is 0.102. The van der Waals surface area contributed by atoms with Gasteiger partial charge < -0.3 is 0 Å². The third-order valence-electron chi connectivity index (χ3n) is 3.97. The van der Waals surface area contributed by atoms with E-state index in [1.807, 2.05) is 48.3 Å². The van der Waals surface area contributed by atoms with Crippen molar-refractivity contribution in [3.05, 3.63) is 64.7 Å². The fourth-order valence-electron chi connectivity index (χ4n) is 3.15. The summed E-state index contributed by atoms with van der Waals surface area (Å²) >= 11 is 6.17. The van der Waals surface area contributed by atoms with Gasteiger partial charge in [-0.2, -0.15) is 0 Å². The molecule has 2 aromatic rings. The molecule has 0 fully saturated rings. The largest absolute Gasteiger partial charge is 0.299 e. The lowest BCUT2D eigenvalue weighted by molar-refractivity contribution is -0.117. The molecule has 2 unspecified atom stereocenters. The number of rotatable bonds is 2. The lowest BCUT2D eigenvalue weighted by Crippen LogP contribution is -2.46. The van der Waals surface area contributed by atoms with Gasteiger partial charge in [-0.1, -0.05) is 41.9 Å². The first-order valence-corrected chi connectivity index (χ1v) is 7.32. The van der Waals surface area contributed by atoms with Crippen molar-refractivity contribution in [2.45, 2.75) is 19.0 Å². The number of halogens is 1. The monoisotopic (exact) mass is 300 g/mol. The van der Waals surface area contributed by atoms with E-state index in [4.69, 9.17) is 11.6 Å². The van der Waals surface area contributed by atoms with Crippen LogP contribution in [-0.2, 0) is 4.79 Å². The molecule has 0 aromatic heterocycles. The van der Waals surface area contributed by atoms with Crippen molar-refractivity contribution in [2.75, 3.05) is 11.9 Å². The number of carbonyl (C=O) groups is 1. The minimum absolute atomic E-state index is 0.0244. The number of hydrogen-bond acceptors (Lipinski definition) is 2. The first-order valence-electron chi connectivity index (χ1n) is 6.95. The summed E-state index contributed by atoms with van der Waals surface area (Å²) in [4.78, 5) is 13.9. The third-order valence-corrected chi connectivity index (χ3v) is 4.21. The summed E-state index contributed by atoms with van der Waals surface area (Å²) in [7, 11) is 1.88. The molecule has 1 aliphatic heterocycles. The van der Waals surface area contributed by atoms with Crippen molar-refractivity contribution in [3.63, 3.8) is 0 Å². The van der Waals surface area contributed by atoms with Gasteiger partial charge in [-0.25, -0.2) is 0 Å². The summed E-state index contributed by atoms with van der Waals surface area (Å²) in [6.45, 7) is 1.59. The molecule has 1 aliphatic rings. The Labute approximate surface area is 129 Å². The maximum absolute atomic E-state index is 12.1. The van der Waals surface area contributed by atoms with Crippen molar-refractivity contribution < 1.29 is 4.79 Å². The van der Waals surface area contributed by atoms with Gasteiger partial charge >= 0.3 is 0 Å². The van der Waals surface area contributed by atoms with E-state index in [9.17, 15) is 4.79 Å². The summed E-state index contributed by atoms with van der Waals surface area (Å²) in [5, 5.41) is 3.96. The van der Waals surface area contributed by atoms with Crippen LogP contribution >= 0.6 is 11.6 Å². The van der Waals surface area contributed by atoms with E-state index in [1.165, 1.54) is 5.56 Å². The molecule has 0 saturated carbocycles.